The molecule has 3 aromatic rings. The molecule has 3 aromatic carbocycles. The Labute approximate surface area is 160 Å². The van der Waals surface area contributed by atoms with Crippen LogP contribution >= 0.6 is 0 Å². The Morgan fingerprint density at radius 2 is 1.46 bits per heavy atom. The highest BCUT2D eigenvalue weighted by Gasteiger charge is 2.36. The lowest BCUT2D eigenvalue weighted by atomic mass is 9.91. The van der Waals surface area contributed by atoms with Crippen LogP contribution in [0.15, 0.2) is 66.7 Å². The fraction of sp³-hybridized carbons (Fsp3) is 0.0435. The van der Waals surface area contributed by atoms with E-state index in [0.29, 0.717) is 22.4 Å². The third-order valence-corrected chi connectivity index (χ3v) is 4.70. The van der Waals surface area contributed by atoms with Crippen LogP contribution < -0.4 is 4.90 Å². The highest BCUT2D eigenvalue weighted by atomic mass is 19.2. The van der Waals surface area contributed by atoms with Crippen LogP contribution in [0, 0.1) is 18.6 Å². The van der Waals surface area contributed by atoms with Gasteiger partial charge in [-0.25, -0.2) is 13.7 Å². The molecule has 1 aliphatic heterocycles. The number of rotatable bonds is 2. The number of carbonyl (C=O) groups is 2. The van der Waals surface area contributed by atoms with E-state index in [4.69, 9.17) is 0 Å². The highest BCUT2D eigenvalue weighted by Crippen LogP contribution is 2.34. The molecule has 0 fully saturated rings. The van der Waals surface area contributed by atoms with Crippen LogP contribution in [0.25, 0.3) is 11.6 Å². The second kappa shape index (κ2) is 6.85. The number of para-hydroxylation sites is 1. The van der Waals surface area contributed by atoms with E-state index in [-0.39, 0.29) is 5.57 Å². The SMILES string of the molecule is Cc1ccccc1N1C(=O)/C(=C\c2ccc(F)c(F)c2)c2ccccc2C1=O. The second-order valence-corrected chi connectivity index (χ2v) is 6.51. The van der Waals surface area contributed by atoms with E-state index in [1.165, 1.54) is 12.1 Å². The van der Waals surface area contributed by atoms with Crippen molar-refractivity contribution in [1.82, 2.24) is 0 Å². The number of imide groups is 1. The molecule has 1 aliphatic rings. The molecule has 0 unspecified atom stereocenters. The van der Waals surface area contributed by atoms with Crippen LogP contribution in [0.2, 0.25) is 0 Å². The summed E-state index contributed by atoms with van der Waals surface area (Å²) in [5.74, 6) is -2.90. The summed E-state index contributed by atoms with van der Waals surface area (Å²) >= 11 is 0. The molecule has 4 rings (SSSR count). The predicted molar refractivity (Wildman–Crippen MR) is 104 cm³/mol. The molecule has 138 valence electrons. The van der Waals surface area contributed by atoms with Gasteiger partial charge in [0, 0.05) is 11.1 Å². The molecule has 0 bridgehead atoms. The molecule has 0 saturated carbocycles. The van der Waals surface area contributed by atoms with Gasteiger partial charge in [0.05, 0.1) is 5.69 Å². The molecule has 3 nitrogen and oxygen atoms in total. The van der Waals surface area contributed by atoms with E-state index in [0.717, 1.165) is 22.6 Å². The molecule has 0 aliphatic carbocycles. The molecular weight excluding hydrogens is 360 g/mol. The van der Waals surface area contributed by atoms with Crippen molar-refractivity contribution in [3.8, 4) is 0 Å². The van der Waals surface area contributed by atoms with Gasteiger partial charge in [0.1, 0.15) is 0 Å². The average Bonchev–Trinajstić information content (AvgIpc) is 2.69. The third-order valence-electron chi connectivity index (χ3n) is 4.70. The maximum Gasteiger partial charge on any atom is 0.265 e. The van der Waals surface area contributed by atoms with Crippen LogP contribution in [-0.4, -0.2) is 11.8 Å². The van der Waals surface area contributed by atoms with Crippen LogP contribution in [0.4, 0.5) is 14.5 Å². The van der Waals surface area contributed by atoms with Gasteiger partial charge >= 0.3 is 0 Å². The van der Waals surface area contributed by atoms with Crippen molar-refractivity contribution in [3.05, 3.63) is 101 Å². The Kier molecular flexibility index (Phi) is 4.35. The molecule has 0 N–H and O–H groups in total. The number of hydrogen-bond donors (Lipinski definition) is 0. The predicted octanol–water partition coefficient (Wildman–Crippen LogP) is 5.00. The van der Waals surface area contributed by atoms with Crippen LogP contribution in [0.1, 0.15) is 27.0 Å². The minimum absolute atomic E-state index is 0.240. The Morgan fingerprint density at radius 3 is 2.18 bits per heavy atom. The largest absolute Gasteiger partial charge is 0.268 e. The quantitative estimate of drug-likeness (QED) is 0.467. The standard InChI is InChI=1S/C23H15F2NO2/c1-14-6-2-5-9-21(14)26-22(27)17-8-4-3-7-16(17)18(23(26)28)12-15-10-11-19(24)20(25)13-15/h2-13H,1H3/b18-12-. The topological polar surface area (TPSA) is 37.4 Å². The number of amides is 2. The molecule has 0 spiro atoms. The molecule has 2 amide bonds. The zero-order valence-electron chi connectivity index (χ0n) is 14.9. The fourth-order valence-electron chi connectivity index (χ4n) is 3.29. The first-order valence-electron chi connectivity index (χ1n) is 8.68. The molecule has 28 heavy (non-hydrogen) atoms. The van der Waals surface area contributed by atoms with Gasteiger partial charge in [-0.05, 0) is 54.0 Å². The first kappa shape index (κ1) is 17.8. The number of benzene rings is 3. The second-order valence-electron chi connectivity index (χ2n) is 6.51. The maximum absolute atomic E-state index is 13.6. The van der Waals surface area contributed by atoms with Gasteiger partial charge in [-0.2, -0.15) is 0 Å². The lowest BCUT2D eigenvalue weighted by molar-refractivity contribution is -0.112. The first-order valence-corrected chi connectivity index (χ1v) is 8.68. The molecule has 0 atom stereocenters. The molecule has 1 heterocycles. The van der Waals surface area contributed by atoms with E-state index in [1.807, 2.05) is 19.1 Å². The number of nitrogens with zero attached hydrogens (tertiary/aromatic N) is 1. The number of hydrogen-bond acceptors (Lipinski definition) is 2. The molecular formula is C23H15F2NO2. The summed E-state index contributed by atoms with van der Waals surface area (Å²) < 4.78 is 26.9. The minimum Gasteiger partial charge on any atom is -0.268 e. The van der Waals surface area contributed by atoms with Crippen molar-refractivity contribution >= 4 is 29.2 Å². The van der Waals surface area contributed by atoms with Crippen LogP contribution in [0.5, 0.6) is 0 Å². The van der Waals surface area contributed by atoms with Gasteiger partial charge in [0.15, 0.2) is 11.6 Å². The molecule has 5 heteroatoms. The normalized spacial score (nSPS) is 15.1. The van der Waals surface area contributed by atoms with Crippen LogP contribution in [-0.2, 0) is 4.79 Å². The number of anilines is 1. The summed E-state index contributed by atoms with van der Waals surface area (Å²) in [6.07, 6.45) is 1.47. The fourth-order valence-corrected chi connectivity index (χ4v) is 3.29. The first-order chi connectivity index (χ1) is 13.5. The Hall–Kier alpha value is -3.60. The van der Waals surface area contributed by atoms with Crippen molar-refractivity contribution in [2.45, 2.75) is 6.92 Å². The van der Waals surface area contributed by atoms with E-state index < -0.39 is 23.4 Å². The zero-order valence-corrected chi connectivity index (χ0v) is 14.9. The summed E-state index contributed by atoms with van der Waals surface area (Å²) in [6, 6.07) is 17.3. The summed E-state index contributed by atoms with van der Waals surface area (Å²) in [7, 11) is 0. The van der Waals surface area contributed by atoms with E-state index in [9.17, 15) is 18.4 Å². The smallest absolute Gasteiger partial charge is 0.265 e. The maximum atomic E-state index is 13.6. The summed E-state index contributed by atoms with van der Waals surface area (Å²) in [5.41, 5.74) is 2.67. The molecule has 0 radical (unpaired) electrons. The molecule has 0 saturated heterocycles. The van der Waals surface area contributed by atoms with Gasteiger partial charge in [0.2, 0.25) is 0 Å². The van der Waals surface area contributed by atoms with Crippen molar-refractivity contribution in [2.24, 2.45) is 0 Å². The lowest BCUT2D eigenvalue weighted by Crippen LogP contribution is -2.42. The van der Waals surface area contributed by atoms with E-state index >= 15 is 0 Å². The Bertz CT molecular complexity index is 1150. The van der Waals surface area contributed by atoms with E-state index in [1.54, 1.807) is 36.4 Å². The van der Waals surface area contributed by atoms with Gasteiger partial charge in [-0.1, -0.05) is 42.5 Å². The summed E-state index contributed by atoms with van der Waals surface area (Å²) in [5, 5.41) is 0. The van der Waals surface area contributed by atoms with Gasteiger partial charge in [-0.15, -0.1) is 0 Å². The number of fused-ring (bicyclic) bond motifs is 1. The Morgan fingerprint density at radius 1 is 0.786 bits per heavy atom. The number of carbonyl (C=O) groups excluding carboxylic acids is 2. The summed E-state index contributed by atoms with van der Waals surface area (Å²) in [6.45, 7) is 1.81. The van der Waals surface area contributed by atoms with Crippen molar-refractivity contribution in [2.75, 3.05) is 4.90 Å². The van der Waals surface area contributed by atoms with Crippen molar-refractivity contribution in [1.29, 1.82) is 0 Å². The number of aryl methyl sites for hydroxylation is 1. The number of halogens is 2. The Balaban J connectivity index is 1.92. The van der Waals surface area contributed by atoms with Crippen molar-refractivity contribution < 1.29 is 18.4 Å². The summed E-state index contributed by atoms with van der Waals surface area (Å²) in [4.78, 5) is 27.4. The average molecular weight is 375 g/mol. The molecule has 0 aromatic heterocycles. The van der Waals surface area contributed by atoms with Gasteiger partial charge in [0.25, 0.3) is 11.8 Å². The lowest BCUT2D eigenvalue weighted by Gasteiger charge is -2.29. The van der Waals surface area contributed by atoms with Crippen molar-refractivity contribution in [3.63, 3.8) is 0 Å². The zero-order chi connectivity index (χ0) is 19.8. The minimum atomic E-state index is -1.00. The van der Waals surface area contributed by atoms with Crippen LogP contribution in [0.3, 0.4) is 0 Å². The van der Waals surface area contributed by atoms with Gasteiger partial charge < -0.3 is 0 Å². The third kappa shape index (κ3) is 2.91. The highest BCUT2D eigenvalue weighted by molar-refractivity contribution is 6.43. The monoisotopic (exact) mass is 375 g/mol. The van der Waals surface area contributed by atoms with E-state index in [2.05, 4.69) is 0 Å². The van der Waals surface area contributed by atoms with Gasteiger partial charge in [-0.3, -0.25) is 9.59 Å².